The van der Waals surface area contributed by atoms with Crippen LogP contribution in [0.5, 0.6) is 23.0 Å². The maximum atomic E-state index is 13.2. The maximum absolute atomic E-state index is 13.2. The van der Waals surface area contributed by atoms with Gasteiger partial charge in [-0.2, -0.15) is 18.4 Å². The lowest BCUT2D eigenvalue weighted by Crippen LogP contribution is -2.68. The molecular weight excluding hydrogens is 627 g/mol. The SMILES string of the molecule is Cc1cc2c(c(O)c1C)[C@@H]1C3Cc4c(O)c(C)c5c(c4[C@H](COC(=O)/C=C/c4cccc(C(F)(F)F)c4)N3[C@@H](C#N)[C@H](C2)N1C)OCO5. The minimum Gasteiger partial charge on any atom is -0.507 e. The minimum atomic E-state index is -4.53. The Hall–Kier alpha value is -4.73. The summed E-state index contributed by atoms with van der Waals surface area (Å²) in [7, 11) is 1.95. The van der Waals surface area contributed by atoms with Gasteiger partial charge in [0, 0.05) is 40.4 Å². The Morgan fingerprint density at radius 3 is 2.54 bits per heavy atom. The van der Waals surface area contributed by atoms with Crippen LogP contribution in [0.3, 0.4) is 0 Å². The van der Waals surface area contributed by atoms with Crippen molar-refractivity contribution in [2.75, 3.05) is 20.4 Å². The lowest BCUT2D eigenvalue weighted by Gasteiger charge is -2.59. The van der Waals surface area contributed by atoms with Crippen LogP contribution in [0.2, 0.25) is 0 Å². The molecule has 4 aliphatic heterocycles. The van der Waals surface area contributed by atoms with Crippen LogP contribution < -0.4 is 9.47 Å². The summed E-state index contributed by atoms with van der Waals surface area (Å²) in [5, 5.41) is 33.8. The van der Waals surface area contributed by atoms with Gasteiger partial charge in [0.1, 0.15) is 24.1 Å². The van der Waals surface area contributed by atoms with E-state index in [4.69, 9.17) is 14.2 Å². The summed E-state index contributed by atoms with van der Waals surface area (Å²) in [4.78, 5) is 17.2. The van der Waals surface area contributed by atoms with Gasteiger partial charge in [-0.1, -0.05) is 18.2 Å². The first-order chi connectivity index (χ1) is 22.8. The number of nitrogens with zero attached hydrogens (tertiary/aromatic N) is 3. The minimum absolute atomic E-state index is 0.0216. The van der Waals surface area contributed by atoms with E-state index >= 15 is 0 Å². The largest absolute Gasteiger partial charge is 0.507 e. The summed E-state index contributed by atoms with van der Waals surface area (Å²) in [6.07, 6.45) is -1.40. The number of benzene rings is 3. The molecule has 2 N–H and O–H groups in total. The first-order valence-corrected chi connectivity index (χ1v) is 15.7. The highest BCUT2D eigenvalue weighted by Crippen LogP contribution is 2.57. The topological polar surface area (TPSA) is 115 Å². The number of hydrogen-bond donors (Lipinski definition) is 2. The van der Waals surface area contributed by atoms with Crippen LogP contribution in [-0.4, -0.2) is 64.6 Å². The number of phenolic OH excluding ortho intramolecular Hbond substituents is 2. The third-order valence-corrected chi connectivity index (χ3v) is 10.5. The summed E-state index contributed by atoms with van der Waals surface area (Å²) in [6.45, 7) is 5.23. The molecule has 2 bridgehead atoms. The Bertz CT molecular complexity index is 1920. The van der Waals surface area contributed by atoms with Gasteiger partial charge in [-0.3, -0.25) is 9.80 Å². The molecule has 0 amide bonds. The van der Waals surface area contributed by atoms with Gasteiger partial charge >= 0.3 is 12.1 Å². The third-order valence-electron chi connectivity index (χ3n) is 10.5. The molecule has 0 aliphatic carbocycles. The fourth-order valence-corrected chi connectivity index (χ4v) is 8.06. The fraction of sp³-hybridized carbons (Fsp3) is 0.389. The second-order valence-corrected chi connectivity index (χ2v) is 12.9. The van der Waals surface area contributed by atoms with Crippen LogP contribution in [-0.2, 0) is 28.5 Å². The monoisotopic (exact) mass is 661 g/mol. The standard InChI is InChI=1S/C36H34F3N3O6/c1-17-10-21-12-24-26(14-40)42-25(31(41(24)4)29(21)33(45)18(17)2)13-23-30(35-34(47-16-48-35)19(3)32(23)44)27(42)15-46-28(43)9-8-20-6-5-7-22(11-20)36(37,38)39/h5-11,24-27,31,44-45H,12-13,15-16H2,1-4H3/b9-8+/t24-,25?,26-,27-,31-/m0/s1. The van der Waals surface area contributed by atoms with Gasteiger partial charge in [-0.15, -0.1) is 0 Å². The van der Waals surface area contributed by atoms with E-state index in [9.17, 15) is 33.4 Å². The number of carbonyl (C=O) groups is 1. The number of rotatable bonds is 4. The molecular formula is C36H34F3N3O6. The summed E-state index contributed by atoms with van der Waals surface area (Å²) in [5.41, 5.74) is 4.46. The average Bonchev–Trinajstić information content (AvgIpc) is 3.54. The number of aryl methyl sites for hydroxylation is 1. The number of esters is 1. The Morgan fingerprint density at radius 2 is 1.81 bits per heavy atom. The lowest BCUT2D eigenvalue weighted by molar-refractivity contribution is -0.143. The number of likely N-dealkylation sites (N-methyl/N-ethyl adjacent to an activating group) is 1. The molecule has 3 aromatic carbocycles. The Labute approximate surface area is 275 Å². The summed E-state index contributed by atoms with van der Waals surface area (Å²) in [6, 6.07) is 6.69. The van der Waals surface area contributed by atoms with Gasteiger partial charge in [-0.25, -0.2) is 4.79 Å². The molecule has 7 rings (SSSR count). The van der Waals surface area contributed by atoms with Crippen molar-refractivity contribution >= 4 is 12.0 Å². The summed E-state index contributed by atoms with van der Waals surface area (Å²) >= 11 is 0. The molecule has 0 aromatic heterocycles. The number of phenols is 2. The van der Waals surface area contributed by atoms with Crippen molar-refractivity contribution in [2.24, 2.45) is 0 Å². The van der Waals surface area contributed by atoms with Crippen LogP contribution in [0.25, 0.3) is 6.08 Å². The number of aromatic hydroxyl groups is 2. The van der Waals surface area contributed by atoms with E-state index in [0.29, 0.717) is 41.0 Å². The number of carbonyl (C=O) groups excluding carboxylic acids is 1. The van der Waals surface area contributed by atoms with Crippen LogP contribution >= 0.6 is 0 Å². The van der Waals surface area contributed by atoms with Crippen molar-refractivity contribution in [3.05, 3.63) is 86.5 Å². The third kappa shape index (κ3) is 4.87. The smallest absolute Gasteiger partial charge is 0.416 e. The molecule has 1 fully saturated rings. The van der Waals surface area contributed by atoms with E-state index in [1.54, 1.807) is 6.92 Å². The number of piperazine rings is 1. The van der Waals surface area contributed by atoms with Gasteiger partial charge in [-0.05, 0) is 81.1 Å². The predicted octanol–water partition coefficient (Wildman–Crippen LogP) is 5.80. The molecule has 1 saturated heterocycles. The molecule has 0 saturated carbocycles. The maximum Gasteiger partial charge on any atom is 0.416 e. The van der Waals surface area contributed by atoms with Gasteiger partial charge in [0.2, 0.25) is 6.79 Å². The van der Waals surface area contributed by atoms with Crippen LogP contribution in [0.1, 0.15) is 62.2 Å². The van der Waals surface area contributed by atoms with E-state index in [1.165, 1.54) is 18.2 Å². The number of halogens is 3. The van der Waals surface area contributed by atoms with E-state index in [1.807, 2.05) is 25.8 Å². The fourth-order valence-electron chi connectivity index (χ4n) is 8.06. The van der Waals surface area contributed by atoms with Gasteiger partial charge in [0.15, 0.2) is 11.5 Å². The van der Waals surface area contributed by atoms with Crippen molar-refractivity contribution < 1.29 is 42.4 Å². The number of nitriles is 1. The summed E-state index contributed by atoms with van der Waals surface area (Å²) in [5.74, 6) is 0.221. The zero-order valence-corrected chi connectivity index (χ0v) is 26.8. The highest BCUT2D eigenvalue weighted by atomic mass is 19.4. The highest BCUT2D eigenvalue weighted by Gasteiger charge is 2.56. The second kappa shape index (κ2) is 11.5. The van der Waals surface area contributed by atoms with Gasteiger partial charge in [0.05, 0.1) is 23.7 Å². The molecule has 4 heterocycles. The second-order valence-electron chi connectivity index (χ2n) is 12.9. The number of ether oxygens (including phenoxy) is 3. The van der Waals surface area contributed by atoms with E-state index < -0.39 is 35.8 Å². The molecule has 3 aromatic rings. The van der Waals surface area contributed by atoms with E-state index in [-0.39, 0.29) is 42.5 Å². The normalized spacial score (nSPS) is 24.5. The molecule has 9 nitrogen and oxygen atoms in total. The quantitative estimate of drug-likeness (QED) is 0.265. The van der Waals surface area contributed by atoms with Gasteiger partial charge in [0.25, 0.3) is 0 Å². The van der Waals surface area contributed by atoms with E-state index in [0.717, 1.165) is 40.5 Å². The molecule has 0 spiro atoms. The molecule has 5 atom stereocenters. The van der Waals surface area contributed by atoms with Crippen molar-refractivity contribution in [2.45, 2.75) is 70.0 Å². The zero-order valence-electron chi connectivity index (χ0n) is 26.8. The van der Waals surface area contributed by atoms with E-state index in [2.05, 4.69) is 17.0 Å². The zero-order chi connectivity index (χ0) is 34.2. The molecule has 250 valence electrons. The van der Waals surface area contributed by atoms with Gasteiger partial charge < -0.3 is 24.4 Å². The number of hydrogen-bond acceptors (Lipinski definition) is 9. The Balaban J connectivity index is 1.30. The lowest BCUT2D eigenvalue weighted by atomic mass is 9.71. The Morgan fingerprint density at radius 1 is 1.06 bits per heavy atom. The first kappa shape index (κ1) is 31.8. The van der Waals surface area contributed by atoms with Crippen LogP contribution in [0.15, 0.2) is 36.4 Å². The molecule has 0 radical (unpaired) electrons. The average molecular weight is 662 g/mol. The van der Waals surface area contributed by atoms with Crippen molar-refractivity contribution in [1.82, 2.24) is 9.80 Å². The highest BCUT2D eigenvalue weighted by molar-refractivity contribution is 5.87. The van der Waals surface area contributed by atoms with Crippen molar-refractivity contribution in [3.8, 4) is 29.1 Å². The molecule has 1 unspecified atom stereocenters. The molecule has 48 heavy (non-hydrogen) atoms. The van der Waals surface area contributed by atoms with Crippen molar-refractivity contribution in [3.63, 3.8) is 0 Å². The van der Waals surface area contributed by atoms with Crippen molar-refractivity contribution in [1.29, 1.82) is 5.26 Å². The van der Waals surface area contributed by atoms with Crippen LogP contribution in [0.4, 0.5) is 13.2 Å². The number of fused-ring (bicyclic) bond motifs is 9. The molecule has 4 aliphatic rings. The first-order valence-electron chi connectivity index (χ1n) is 15.7. The van der Waals surface area contributed by atoms with Crippen LogP contribution in [0, 0.1) is 32.1 Å². The number of alkyl halides is 3. The Kier molecular flexibility index (Phi) is 7.60. The molecule has 12 heteroatoms. The predicted molar refractivity (Wildman–Crippen MR) is 167 cm³/mol. The summed E-state index contributed by atoms with van der Waals surface area (Å²) < 4.78 is 57.1.